The van der Waals surface area contributed by atoms with Crippen molar-refractivity contribution in [3.05, 3.63) is 0 Å². The van der Waals surface area contributed by atoms with Gasteiger partial charge in [-0.25, -0.2) is 4.36 Å². The first-order valence-electron chi connectivity index (χ1n) is 2.65. The lowest BCUT2D eigenvalue weighted by Crippen LogP contribution is -2.04. The lowest BCUT2D eigenvalue weighted by Gasteiger charge is -2.02. The molecule has 0 radical (unpaired) electrons. The van der Waals surface area contributed by atoms with Gasteiger partial charge >= 0.3 is 0 Å². The van der Waals surface area contributed by atoms with Gasteiger partial charge in [-0.2, -0.15) is 0 Å². The van der Waals surface area contributed by atoms with Crippen LogP contribution in [0.15, 0.2) is 4.36 Å². The number of nitrogens with zero attached hydrogens (tertiary/aromatic N) is 1. The van der Waals surface area contributed by atoms with E-state index in [1.165, 1.54) is 0 Å². The fraction of sp³-hybridized carbons (Fsp3) is 1.00. The second kappa shape index (κ2) is 3.17. The zero-order valence-corrected chi connectivity index (χ0v) is 7.07. The van der Waals surface area contributed by atoms with Gasteiger partial charge in [-0.1, -0.05) is 0 Å². The summed E-state index contributed by atoms with van der Waals surface area (Å²) < 4.78 is 19.5. The quantitative estimate of drug-likeness (QED) is 0.583. The summed E-state index contributed by atoms with van der Waals surface area (Å²) in [7, 11) is -0.444. The Morgan fingerprint density at radius 1 is 1.56 bits per heavy atom. The molecule has 0 fully saturated rings. The molecule has 0 N–H and O–H groups in total. The summed E-state index contributed by atoms with van der Waals surface area (Å²) in [6.45, 7) is 1.76. The van der Waals surface area contributed by atoms with Crippen molar-refractivity contribution in [2.45, 2.75) is 13.2 Å². The zero-order valence-electron chi connectivity index (χ0n) is 6.25. The van der Waals surface area contributed by atoms with Crippen molar-refractivity contribution >= 4 is 9.73 Å². The first kappa shape index (κ1) is 8.91. The Hall–Kier alpha value is -0.0900. The van der Waals surface area contributed by atoms with Crippen LogP contribution in [0.1, 0.15) is 6.92 Å². The number of methoxy groups -OCH3 is 1. The third-order valence-electron chi connectivity index (χ3n) is 0.743. The molecule has 56 valence electrons. The van der Waals surface area contributed by atoms with Crippen molar-refractivity contribution in [2.75, 3.05) is 19.6 Å². The molecule has 1 atom stereocenters. The standard InChI is InChI=1S/C5H13NO2S/c1-5(8-2)6-9(3,4)7/h5H,1-4H3. The molecule has 0 amide bonds. The lowest BCUT2D eigenvalue weighted by molar-refractivity contribution is 0.128. The summed E-state index contributed by atoms with van der Waals surface area (Å²) in [4.78, 5) is 0. The van der Waals surface area contributed by atoms with Crippen molar-refractivity contribution in [1.29, 1.82) is 0 Å². The van der Waals surface area contributed by atoms with Crippen LogP contribution in [-0.4, -0.2) is 30.1 Å². The van der Waals surface area contributed by atoms with Gasteiger partial charge < -0.3 is 4.74 Å². The molecule has 0 aromatic rings. The summed E-state index contributed by atoms with van der Waals surface area (Å²) >= 11 is 0. The van der Waals surface area contributed by atoms with Gasteiger partial charge in [0.15, 0.2) is 6.23 Å². The van der Waals surface area contributed by atoms with E-state index in [9.17, 15) is 4.21 Å². The Balaban J connectivity index is 4.14. The van der Waals surface area contributed by atoms with Crippen LogP contribution < -0.4 is 0 Å². The van der Waals surface area contributed by atoms with Gasteiger partial charge in [0, 0.05) is 29.4 Å². The summed E-state index contributed by atoms with van der Waals surface area (Å²) in [6.07, 6.45) is 2.91. The van der Waals surface area contributed by atoms with Crippen LogP contribution in [0.4, 0.5) is 0 Å². The van der Waals surface area contributed by atoms with E-state index in [0.29, 0.717) is 0 Å². The molecule has 0 aliphatic rings. The first-order chi connectivity index (χ1) is 3.95. The molecule has 0 aliphatic carbocycles. The van der Waals surface area contributed by atoms with Crippen LogP contribution in [0.25, 0.3) is 0 Å². The molecule has 3 nitrogen and oxygen atoms in total. The van der Waals surface area contributed by atoms with Crippen LogP contribution in [0.5, 0.6) is 0 Å². The van der Waals surface area contributed by atoms with E-state index >= 15 is 0 Å². The molecule has 0 aromatic carbocycles. The smallest absolute Gasteiger partial charge is 0.154 e. The van der Waals surface area contributed by atoms with E-state index in [4.69, 9.17) is 4.74 Å². The molecule has 0 heterocycles. The maximum absolute atomic E-state index is 10.9. The van der Waals surface area contributed by atoms with Gasteiger partial charge in [-0.3, -0.25) is 4.21 Å². The van der Waals surface area contributed by atoms with Crippen LogP contribution in [0, 0.1) is 0 Å². The predicted molar refractivity (Wildman–Crippen MR) is 38.9 cm³/mol. The minimum absolute atomic E-state index is 0.257. The maximum Gasteiger partial charge on any atom is 0.154 e. The third-order valence-corrected chi connectivity index (χ3v) is 1.55. The lowest BCUT2D eigenvalue weighted by atomic mass is 10.7. The third kappa shape index (κ3) is 5.79. The number of hydrogen-bond donors (Lipinski definition) is 0. The zero-order chi connectivity index (χ0) is 7.49. The average molecular weight is 151 g/mol. The minimum Gasteiger partial charge on any atom is -0.359 e. The van der Waals surface area contributed by atoms with Crippen LogP contribution in [0.3, 0.4) is 0 Å². The molecule has 0 saturated heterocycles. The molecule has 0 bridgehead atoms. The maximum atomic E-state index is 10.9. The fourth-order valence-electron chi connectivity index (χ4n) is 0.401. The topological polar surface area (TPSA) is 38.7 Å². The Morgan fingerprint density at radius 3 is 2.11 bits per heavy atom. The van der Waals surface area contributed by atoms with E-state index in [0.717, 1.165) is 0 Å². The van der Waals surface area contributed by atoms with E-state index in [2.05, 4.69) is 4.36 Å². The van der Waals surface area contributed by atoms with E-state index < -0.39 is 9.73 Å². The highest BCUT2D eigenvalue weighted by atomic mass is 32.2. The van der Waals surface area contributed by atoms with Crippen molar-refractivity contribution in [3.63, 3.8) is 0 Å². The van der Waals surface area contributed by atoms with Gasteiger partial charge in [-0.05, 0) is 6.92 Å². The van der Waals surface area contributed by atoms with E-state index in [1.54, 1.807) is 26.5 Å². The molecular formula is C5H13NO2S. The fourth-order valence-corrected chi connectivity index (χ4v) is 1.20. The van der Waals surface area contributed by atoms with Crippen LogP contribution >= 0.6 is 0 Å². The molecule has 0 saturated carbocycles. The normalized spacial score (nSPS) is 15.1. The first-order valence-corrected chi connectivity index (χ1v) is 4.98. The minimum atomic E-state index is -1.99. The summed E-state index contributed by atoms with van der Waals surface area (Å²) in [5.41, 5.74) is 0. The number of rotatable bonds is 2. The largest absolute Gasteiger partial charge is 0.359 e. The van der Waals surface area contributed by atoms with Crippen LogP contribution in [-0.2, 0) is 14.5 Å². The Labute approximate surface area is 56.6 Å². The highest BCUT2D eigenvalue weighted by Gasteiger charge is 1.95. The summed E-state index contributed by atoms with van der Waals surface area (Å²) in [6, 6.07) is 0. The average Bonchev–Trinajstić information content (AvgIpc) is 1.62. The molecule has 1 unspecified atom stereocenters. The van der Waals surface area contributed by atoms with Gasteiger partial charge in [0.2, 0.25) is 0 Å². The van der Waals surface area contributed by atoms with E-state index in [1.807, 2.05) is 0 Å². The van der Waals surface area contributed by atoms with Crippen molar-refractivity contribution < 1.29 is 8.95 Å². The van der Waals surface area contributed by atoms with Gasteiger partial charge in [0.1, 0.15) is 0 Å². The van der Waals surface area contributed by atoms with E-state index in [-0.39, 0.29) is 6.23 Å². The number of hydrogen-bond acceptors (Lipinski definition) is 3. The monoisotopic (exact) mass is 151 g/mol. The van der Waals surface area contributed by atoms with Crippen molar-refractivity contribution in [3.8, 4) is 0 Å². The Bertz CT molecular complexity index is 173. The molecule has 4 heteroatoms. The Kier molecular flexibility index (Phi) is 3.14. The molecule has 0 aromatic heterocycles. The molecule has 0 aliphatic heterocycles. The second-order valence-corrected chi connectivity index (χ2v) is 4.70. The van der Waals surface area contributed by atoms with Crippen molar-refractivity contribution in [2.24, 2.45) is 4.36 Å². The highest BCUT2D eigenvalue weighted by Crippen LogP contribution is 1.93. The van der Waals surface area contributed by atoms with Crippen molar-refractivity contribution in [1.82, 2.24) is 0 Å². The SMILES string of the molecule is COC(C)N=S(C)(C)=O. The number of ether oxygens (including phenoxy) is 1. The predicted octanol–water partition coefficient (Wildman–Crippen LogP) is 0.706. The van der Waals surface area contributed by atoms with Gasteiger partial charge in [-0.15, -0.1) is 0 Å². The molecular weight excluding hydrogens is 138 g/mol. The second-order valence-electron chi connectivity index (χ2n) is 2.12. The summed E-state index contributed by atoms with van der Waals surface area (Å²) in [5, 5.41) is 0. The van der Waals surface area contributed by atoms with Gasteiger partial charge in [0.25, 0.3) is 0 Å². The van der Waals surface area contributed by atoms with Crippen LogP contribution in [0.2, 0.25) is 0 Å². The van der Waals surface area contributed by atoms with Gasteiger partial charge in [0.05, 0.1) is 0 Å². The summed E-state index contributed by atoms with van der Waals surface area (Å²) in [5.74, 6) is 0. The molecule has 0 spiro atoms. The molecule has 9 heavy (non-hydrogen) atoms. The highest BCUT2D eigenvalue weighted by molar-refractivity contribution is 7.92. The molecule has 0 rings (SSSR count). The Morgan fingerprint density at radius 2 is 2.00 bits per heavy atom.